The molecule has 0 aromatic heterocycles. The molecule has 5 heteroatoms. The van der Waals surface area contributed by atoms with Crippen molar-refractivity contribution in [3.63, 3.8) is 0 Å². The van der Waals surface area contributed by atoms with Gasteiger partial charge >= 0.3 is 0 Å². The van der Waals surface area contributed by atoms with Crippen molar-refractivity contribution in [2.24, 2.45) is 5.41 Å². The summed E-state index contributed by atoms with van der Waals surface area (Å²) in [7, 11) is -2.86. The Morgan fingerprint density at radius 3 is 2.31 bits per heavy atom. The number of sulfone groups is 1. The summed E-state index contributed by atoms with van der Waals surface area (Å²) in [6, 6.07) is 0.223. The topological polar surface area (TPSA) is 66.4 Å². The van der Waals surface area contributed by atoms with Gasteiger partial charge in [-0.1, -0.05) is 13.8 Å². The fourth-order valence-electron chi connectivity index (χ4n) is 2.69. The van der Waals surface area contributed by atoms with Gasteiger partial charge in [-0.25, -0.2) is 8.42 Å². The van der Waals surface area contributed by atoms with E-state index in [1.165, 1.54) is 0 Å². The normalized spacial score (nSPS) is 45.2. The molecule has 0 aromatic rings. The standard InChI is InChI=1S/C11H21NO3S/c1-10(2)8(6-9(10)13)12-11(3)4-5-16(14,15)7-11/h8-9,12-13H,4-7H2,1-3H3. The van der Waals surface area contributed by atoms with Crippen LogP contribution in [0.3, 0.4) is 0 Å². The quantitative estimate of drug-likeness (QED) is 0.737. The predicted octanol–water partition coefficient (Wildman–Crippen LogP) is 0.313. The molecule has 1 saturated heterocycles. The summed E-state index contributed by atoms with van der Waals surface area (Å²) >= 11 is 0. The van der Waals surface area contributed by atoms with Crippen LogP contribution in [0, 0.1) is 5.41 Å². The highest BCUT2D eigenvalue weighted by molar-refractivity contribution is 7.91. The molecule has 2 aliphatic rings. The van der Waals surface area contributed by atoms with Gasteiger partial charge in [-0.3, -0.25) is 0 Å². The zero-order valence-electron chi connectivity index (χ0n) is 10.2. The molecule has 1 aliphatic heterocycles. The van der Waals surface area contributed by atoms with E-state index < -0.39 is 9.84 Å². The van der Waals surface area contributed by atoms with Crippen LogP contribution in [0.15, 0.2) is 0 Å². The van der Waals surface area contributed by atoms with Crippen molar-refractivity contribution in [3.8, 4) is 0 Å². The number of hydrogen-bond donors (Lipinski definition) is 2. The van der Waals surface area contributed by atoms with Crippen molar-refractivity contribution < 1.29 is 13.5 Å². The van der Waals surface area contributed by atoms with Gasteiger partial charge in [0.2, 0.25) is 0 Å². The van der Waals surface area contributed by atoms with Crippen molar-refractivity contribution in [3.05, 3.63) is 0 Å². The molecule has 0 amide bonds. The van der Waals surface area contributed by atoms with E-state index in [1.54, 1.807) is 0 Å². The molecule has 94 valence electrons. The Morgan fingerprint density at radius 2 is 1.94 bits per heavy atom. The van der Waals surface area contributed by atoms with E-state index in [4.69, 9.17) is 0 Å². The highest BCUT2D eigenvalue weighted by Gasteiger charge is 2.51. The van der Waals surface area contributed by atoms with Gasteiger partial charge in [-0.05, 0) is 19.8 Å². The molecule has 0 spiro atoms. The SMILES string of the molecule is CC1(NC2CC(O)C2(C)C)CCS(=O)(=O)C1. The maximum Gasteiger partial charge on any atom is 0.152 e. The third-order valence-electron chi connectivity index (χ3n) is 4.24. The van der Waals surface area contributed by atoms with Gasteiger partial charge < -0.3 is 10.4 Å². The van der Waals surface area contributed by atoms with E-state index in [2.05, 4.69) is 5.32 Å². The summed E-state index contributed by atoms with van der Waals surface area (Å²) in [6.07, 6.45) is 1.13. The van der Waals surface area contributed by atoms with Crippen molar-refractivity contribution in [2.45, 2.75) is 51.3 Å². The second-order valence-corrected chi connectivity index (χ2v) is 8.36. The Morgan fingerprint density at radius 1 is 1.31 bits per heavy atom. The van der Waals surface area contributed by atoms with Crippen molar-refractivity contribution in [1.29, 1.82) is 0 Å². The minimum Gasteiger partial charge on any atom is -0.392 e. The lowest BCUT2D eigenvalue weighted by Gasteiger charge is -2.52. The molecule has 3 atom stereocenters. The van der Waals surface area contributed by atoms with Crippen molar-refractivity contribution in [2.75, 3.05) is 11.5 Å². The van der Waals surface area contributed by atoms with Crippen LogP contribution in [0.4, 0.5) is 0 Å². The van der Waals surface area contributed by atoms with Crippen LogP contribution >= 0.6 is 0 Å². The van der Waals surface area contributed by atoms with Crippen LogP contribution in [-0.4, -0.2) is 42.7 Å². The lowest BCUT2D eigenvalue weighted by atomic mass is 9.64. The summed E-state index contributed by atoms with van der Waals surface area (Å²) in [5.74, 6) is 0.509. The Kier molecular flexibility index (Phi) is 2.64. The van der Waals surface area contributed by atoms with Gasteiger partial charge in [0.05, 0.1) is 17.6 Å². The van der Waals surface area contributed by atoms with Crippen LogP contribution in [0.25, 0.3) is 0 Å². The zero-order valence-corrected chi connectivity index (χ0v) is 11.0. The fraction of sp³-hybridized carbons (Fsp3) is 1.00. The van der Waals surface area contributed by atoms with Gasteiger partial charge in [0, 0.05) is 17.0 Å². The number of rotatable bonds is 2. The van der Waals surface area contributed by atoms with Crippen LogP contribution < -0.4 is 5.32 Å². The summed E-state index contributed by atoms with van der Waals surface area (Å²) in [6.45, 7) is 6.01. The molecule has 2 rings (SSSR count). The van der Waals surface area contributed by atoms with Crippen LogP contribution in [0.2, 0.25) is 0 Å². The zero-order chi connectivity index (χ0) is 12.2. The highest BCUT2D eigenvalue weighted by Crippen LogP contribution is 2.42. The molecule has 3 unspecified atom stereocenters. The molecule has 1 heterocycles. The van der Waals surface area contributed by atoms with Gasteiger partial charge in [-0.2, -0.15) is 0 Å². The van der Waals surface area contributed by atoms with E-state index in [1.807, 2.05) is 20.8 Å². The highest BCUT2D eigenvalue weighted by atomic mass is 32.2. The molecule has 16 heavy (non-hydrogen) atoms. The molecular formula is C11H21NO3S. The average molecular weight is 247 g/mol. The molecule has 1 aliphatic carbocycles. The van der Waals surface area contributed by atoms with E-state index in [0.29, 0.717) is 6.42 Å². The summed E-state index contributed by atoms with van der Waals surface area (Å²) in [5.41, 5.74) is -0.448. The van der Waals surface area contributed by atoms with Gasteiger partial charge in [0.15, 0.2) is 9.84 Å². The second kappa shape index (κ2) is 3.43. The third-order valence-corrected chi connectivity index (χ3v) is 6.15. The Balaban J connectivity index is 2.02. The first kappa shape index (κ1) is 12.3. The van der Waals surface area contributed by atoms with Gasteiger partial charge in [-0.15, -0.1) is 0 Å². The number of nitrogens with one attached hydrogen (secondary N) is 1. The first-order valence-corrected chi connectivity index (χ1v) is 7.63. The monoisotopic (exact) mass is 247 g/mol. The van der Waals surface area contributed by atoms with E-state index in [9.17, 15) is 13.5 Å². The Labute approximate surface area is 97.3 Å². The molecule has 0 bridgehead atoms. The van der Waals surface area contributed by atoms with E-state index in [0.717, 1.165) is 6.42 Å². The number of aliphatic hydroxyl groups is 1. The Hall–Kier alpha value is -0.130. The first-order valence-electron chi connectivity index (χ1n) is 5.81. The molecule has 4 nitrogen and oxygen atoms in total. The third kappa shape index (κ3) is 2.00. The van der Waals surface area contributed by atoms with Crippen LogP contribution in [0.5, 0.6) is 0 Å². The lowest BCUT2D eigenvalue weighted by molar-refractivity contribution is -0.0800. The fourth-order valence-corrected chi connectivity index (χ4v) is 4.80. The average Bonchev–Trinajstić information content (AvgIpc) is 2.41. The molecule has 1 saturated carbocycles. The van der Waals surface area contributed by atoms with Crippen LogP contribution in [0.1, 0.15) is 33.6 Å². The van der Waals surface area contributed by atoms with Crippen molar-refractivity contribution in [1.82, 2.24) is 5.32 Å². The number of hydrogen-bond acceptors (Lipinski definition) is 4. The molecule has 0 aromatic carbocycles. The lowest BCUT2D eigenvalue weighted by Crippen LogP contribution is -2.65. The van der Waals surface area contributed by atoms with Gasteiger partial charge in [0.1, 0.15) is 0 Å². The largest absolute Gasteiger partial charge is 0.392 e. The molecule has 2 N–H and O–H groups in total. The molecule has 0 radical (unpaired) electrons. The maximum absolute atomic E-state index is 11.5. The van der Waals surface area contributed by atoms with Crippen molar-refractivity contribution >= 4 is 9.84 Å². The minimum absolute atomic E-state index is 0.143. The summed E-state index contributed by atoms with van der Waals surface area (Å²) in [4.78, 5) is 0. The van der Waals surface area contributed by atoms with E-state index >= 15 is 0 Å². The van der Waals surface area contributed by atoms with Crippen LogP contribution in [-0.2, 0) is 9.84 Å². The number of aliphatic hydroxyl groups excluding tert-OH is 1. The van der Waals surface area contributed by atoms with Gasteiger partial charge in [0.25, 0.3) is 0 Å². The minimum atomic E-state index is -2.86. The summed E-state index contributed by atoms with van der Waals surface area (Å²) in [5, 5.41) is 13.1. The molecular weight excluding hydrogens is 226 g/mol. The second-order valence-electron chi connectivity index (χ2n) is 6.17. The Bertz CT molecular complexity index is 390. The predicted molar refractivity (Wildman–Crippen MR) is 63.0 cm³/mol. The first-order chi connectivity index (χ1) is 7.15. The van der Waals surface area contributed by atoms with E-state index in [-0.39, 0.29) is 34.6 Å². The summed E-state index contributed by atoms with van der Waals surface area (Å²) < 4.78 is 22.9. The molecule has 2 fully saturated rings. The maximum atomic E-state index is 11.5. The smallest absolute Gasteiger partial charge is 0.152 e.